The van der Waals surface area contributed by atoms with Gasteiger partial charge in [0.2, 0.25) is 0 Å². The van der Waals surface area contributed by atoms with Crippen molar-refractivity contribution in [2.24, 2.45) is 0 Å². The number of rotatable bonds is 4. The summed E-state index contributed by atoms with van der Waals surface area (Å²) >= 11 is 0. The molecule has 0 saturated carbocycles. The quantitative estimate of drug-likeness (QED) is 0.497. The Kier molecular flexibility index (Phi) is 4.89. The summed E-state index contributed by atoms with van der Waals surface area (Å²) < 4.78 is 52.7. The molecule has 9 heteroatoms. The van der Waals surface area contributed by atoms with E-state index in [2.05, 4.69) is 4.74 Å². The number of halogens is 4. The number of carbonyl (C=O) groups excluding carboxylic acids is 2. The number of carbonyl (C=O) groups is 2. The first-order valence-corrected chi connectivity index (χ1v) is 5.24. The standard InChI is InChI=1S/C11H10F4N2O3/c12-7-2-1-6(3-8(7)16)10(19)20-4-9(18)17-5-11(13,14)15/h1-3H,4-5,16H2,(H,17,18). The smallest absolute Gasteiger partial charge is 0.405 e. The number of amides is 1. The summed E-state index contributed by atoms with van der Waals surface area (Å²) in [6.45, 7) is -2.40. The summed E-state index contributed by atoms with van der Waals surface area (Å²) in [5.74, 6) is -2.84. The predicted octanol–water partition coefficient (Wildman–Crippen LogP) is 1.24. The van der Waals surface area contributed by atoms with Crippen LogP contribution in [-0.2, 0) is 9.53 Å². The third-order valence-electron chi connectivity index (χ3n) is 2.05. The van der Waals surface area contributed by atoms with E-state index in [0.29, 0.717) is 0 Å². The van der Waals surface area contributed by atoms with Crippen molar-refractivity contribution in [3.63, 3.8) is 0 Å². The Morgan fingerprint density at radius 1 is 1.30 bits per heavy atom. The summed E-state index contributed by atoms with van der Waals surface area (Å²) in [6, 6.07) is 2.99. The van der Waals surface area contributed by atoms with Crippen LogP contribution < -0.4 is 11.1 Å². The van der Waals surface area contributed by atoms with E-state index in [1.54, 1.807) is 0 Å². The van der Waals surface area contributed by atoms with Gasteiger partial charge in [-0.15, -0.1) is 0 Å². The lowest BCUT2D eigenvalue weighted by molar-refractivity contribution is -0.140. The van der Waals surface area contributed by atoms with Crippen LogP contribution in [0.5, 0.6) is 0 Å². The van der Waals surface area contributed by atoms with E-state index >= 15 is 0 Å². The number of esters is 1. The molecular formula is C11H10F4N2O3. The maximum atomic E-state index is 12.8. The van der Waals surface area contributed by atoms with E-state index in [1.807, 2.05) is 0 Å². The van der Waals surface area contributed by atoms with Gasteiger partial charge in [-0.1, -0.05) is 0 Å². The molecule has 0 aliphatic heterocycles. The van der Waals surface area contributed by atoms with Crippen LogP contribution in [0.2, 0.25) is 0 Å². The molecule has 1 aromatic rings. The molecule has 0 bridgehead atoms. The summed E-state index contributed by atoms with van der Waals surface area (Å²) in [5.41, 5.74) is 4.81. The number of hydrogen-bond acceptors (Lipinski definition) is 4. The van der Waals surface area contributed by atoms with E-state index in [9.17, 15) is 27.2 Å². The SMILES string of the molecule is Nc1cc(C(=O)OCC(=O)NCC(F)(F)F)ccc1F. The molecule has 0 heterocycles. The molecule has 0 fully saturated rings. The van der Waals surface area contributed by atoms with Crippen molar-refractivity contribution in [2.75, 3.05) is 18.9 Å². The molecule has 0 unspecified atom stereocenters. The molecule has 0 aliphatic carbocycles. The van der Waals surface area contributed by atoms with Gasteiger partial charge in [-0.2, -0.15) is 13.2 Å². The van der Waals surface area contributed by atoms with E-state index < -0.39 is 37.0 Å². The fraction of sp³-hybridized carbons (Fsp3) is 0.273. The van der Waals surface area contributed by atoms with E-state index in [-0.39, 0.29) is 11.3 Å². The summed E-state index contributed by atoms with van der Waals surface area (Å²) in [4.78, 5) is 22.4. The van der Waals surface area contributed by atoms with Gasteiger partial charge in [-0.25, -0.2) is 9.18 Å². The Morgan fingerprint density at radius 2 is 1.95 bits per heavy atom. The minimum Gasteiger partial charge on any atom is -0.452 e. The van der Waals surface area contributed by atoms with Crippen molar-refractivity contribution in [1.29, 1.82) is 0 Å². The molecule has 5 nitrogen and oxygen atoms in total. The minimum absolute atomic E-state index is 0.118. The lowest BCUT2D eigenvalue weighted by atomic mass is 10.2. The van der Waals surface area contributed by atoms with Crippen LogP contribution in [0.1, 0.15) is 10.4 Å². The third-order valence-corrected chi connectivity index (χ3v) is 2.05. The number of anilines is 1. The Bertz CT molecular complexity index is 517. The van der Waals surface area contributed by atoms with Crippen LogP contribution in [0.15, 0.2) is 18.2 Å². The average Bonchev–Trinajstić information content (AvgIpc) is 2.36. The van der Waals surface area contributed by atoms with Crippen LogP contribution in [-0.4, -0.2) is 31.2 Å². The van der Waals surface area contributed by atoms with Crippen LogP contribution in [0, 0.1) is 5.82 Å². The zero-order chi connectivity index (χ0) is 15.3. The molecule has 3 N–H and O–H groups in total. The Balaban J connectivity index is 2.47. The van der Waals surface area contributed by atoms with Gasteiger partial charge in [0.05, 0.1) is 11.3 Å². The van der Waals surface area contributed by atoms with E-state index in [0.717, 1.165) is 18.2 Å². The van der Waals surface area contributed by atoms with Crippen molar-refractivity contribution < 1.29 is 31.9 Å². The first-order chi connectivity index (χ1) is 9.19. The first kappa shape index (κ1) is 15.7. The van der Waals surface area contributed by atoms with Gasteiger partial charge in [-0.05, 0) is 18.2 Å². The topological polar surface area (TPSA) is 81.4 Å². The van der Waals surface area contributed by atoms with Crippen molar-refractivity contribution >= 4 is 17.6 Å². The van der Waals surface area contributed by atoms with E-state index in [1.165, 1.54) is 5.32 Å². The van der Waals surface area contributed by atoms with Crippen molar-refractivity contribution in [1.82, 2.24) is 5.32 Å². The molecular weight excluding hydrogens is 284 g/mol. The molecule has 1 aromatic carbocycles. The molecule has 0 aromatic heterocycles. The van der Waals surface area contributed by atoms with Crippen molar-refractivity contribution in [2.45, 2.75) is 6.18 Å². The summed E-state index contributed by atoms with van der Waals surface area (Å²) in [5, 5.41) is 1.52. The monoisotopic (exact) mass is 294 g/mol. The highest BCUT2D eigenvalue weighted by Gasteiger charge is 2.27. The Labute approximate surface area is 110 Å². The molecule has 0 radical (unpaired) electrons. The van der Waals surface area contributed by atoms with Gasteiger partial charge in [0.15, 0.2) is 6.61 Å². The fourth-order valence-electron chi connectivity index (χ4n) is 1.13. The van der Waals surface area contributed by atoms with E-state index in [4.69, 9.17) is 5.73 Å². The number of nitrogen functional groups attached to an aromatic ring is 1. The Morgan fingerprint density at radius 3 is 2.50 bits per heavy atom. The number of nitrogens with one attached hydrogen (secondary N) is 1. The van der Waals surface area contributed by atoms with Crippen molar-refractivity contribution in [3.8, 4) is 0 Å². The first-order valence-electron chi connectivity index (χ1n) is 5.24. The number of alkyl halides is 3. The highest BCUT2D eigenvalue weighted by Crippen LogP contribution is 2.13. The fourth-order valence-corrected chi connectivity index (χ4v) is 1.13. The second-order valence-corrected chi connectivity index (χ2v) is 3.70. The second kappa shape index (κ2) is 6.22. The van der Waals surface area contributed by atoms with Crippen molar-refractivity contribution in [3.05, 3.63) is 29.6 Å². The Hall–Kier alpha value is -2.32. The zero-order valence-corrected chi connectivity index (χ0v) is 9.96. The van der Waals surface area contributed by atoms with Crippen LogP contribution in [0.3, 0.4) is 0 Å². The number of hydrogen-bond donors (Lipinski definition) is 2. The average molecular weight is 294 g/mol. The van der Waals surface area contributed by atoms with Crippen LogP contribution >= 0.6 is 0 Å². The van der Waals surface area contributed by atoms with Gasteiger partial charge in [-0.3, -0.25) is 4.79 Å². The zero-order valence-electron chi connectivity index (χ0n) is 9.96. The summed E-state index contributed by atoms with van der Waals surface area (Å²) in [6.07, 6.45) is -4.55. The van der Waals surface area contributed by atoms with Crippen LogP contribution in [0.4, 0.5) is 23.2 Å². The van der Waals surface area contributed by atoms with Gasteiger partial charge in [0.25, 0.3) is 5.91 Å². The maximum absolute atomic E-state index is 12.8. The third kappa shape index (κ3) is 5.12. The normalized spacial score (nSPS) is 11.0. The highest BCUT2D eigenvalue weighted by atomic mass is 19.4. The molecule has 110 valence electrons. The molecule has 1 amide bonds. The second-order valence-electron chi connectivity index (χ2n) is 3.70. The molecule has 0 spiro atoms. The molecule has 0 atom stereocenters. The van der Waals surface area contributed by atoms with Gasteiger partial charge in [0, 0.05) is 0 Å². The predicted molar refractivity (Wildman–Crippen MR) is 60.2 cm³/mol. The molecule has 0 aliphatic rings. The number of benzene rings is 1. The summed E-state index contributed by atoms with van der Waals surface area (Å²) in [7, 11) is 0. The van der Waals surface area contributed by atoms with Crippen LogP contribution in [0.25, 0.3) is 0 Å². The maximum Gasteiger partial charge on any atom is 0.405 e. The largest absolute Gasteiger partial charge is 0.452 e. The number of nitrogens with two attached hydrogens (primary N) is 1. The minimum atomic E-state index is -4.55. The molecule has 20 heavy (non-hydrogen) atoms. The number of ether oxygens (including phenoxy) is 1. The molecule has 0 saturated heterocycles. The van der Waals surface area contributed by atoms with Gasteiger partial charge in [0.1, 0.15) is 12.4 Å². The van der Waals surface area contributed by atoms with Gasteiger partial charge < -0.3 is 15.8 Å². The lowest BCUT2D eigenvalue weighted by Crippen LogP contribution is -2.36. The highest BCUT2D eigenvalue weighted by molar-refractivity contribution is 5.92. The lowest BCUT2D eigenvalue weighted by Gasteiger charge is -2.09. The van der Waals surface area contributed by atoms with Gasteiger partial charge >= 0.3 is 12.1 Å². The molecule has 1 rings (SSSR count).